The Bertz CT molecular complexity index is 1200. The standard InChI is InChI=1S/C23H15ClN2OS2/c24-18-10-8-16(9-11-18)15-29(27)23-20(14-25)19(17-5-2-1-3-6-17)13-21(26-23)22-7-4-12-28-22/h1-13H,15H2/t29-/m1/s1. The van der Waals surface area contributed by atoms with E-state index in [1.165, 1.54) is 0 Å². The number of thiophene rings is 1. The summed E-state index contributed by atoms with van der Waals surface area (Å²) in [5.74, 6) is 0.265. The van der Waals surface area contributed by atoms with Gasteiger partial charge in [-0.15, -0.1) is 11.3 Å². The van der Waals surface area contributed by atoms with Gasteiger partial charge in [-0.1, -0.05) is 60.1 Å². The van der Waals surface area contributed by atoms with E-state index in [4.69, 9.17) is 11.6 Å². The number of aromatic nitrogens is 1. The second-order valence-electron chi connectivity index (χ2n) is 6.31. The van der Waals surface area contributed by atoms with E-state index >= 15 is 0 Å². The summed E-state index contributed by atoms with van der Waals surface area (Å²) >= 11 is 7.51. The first-order valence-corrected chi connectivity index (χ1v) is 11.4. The minimum atomic E-state index is -1.48. The molecule has 0 saturated heterocycles. The molecule has 2 aromatic carbocycles. The number of rotatable bonds is 5. The normalized spacial score (nSPS) is 11.7. The topological polar surface area (TPSA) is 53.8 Å². The lowest BCUT2D eigenvalue weighted by Crippen LogP contribution is -2.05. The molecule has 0 spiro atoms. The Labute approximate surface area is 180 Å². The second-order valence-corrected chi connectivity index (χ2v) is 9.06. The molecule has 0 amide bonds. The van der Waals surface area contributed by atoms with Gasteiger partial charge in [0.2, 0.25) is 0 Å². The van der Waals surface area contributed by atoms with Crippen molar-refractivity contribution in [3.63, 3.8) is 0 Å². The molecule has 4 aromatic rings. The highest BCUT2D eigenvalue weighted by molar-refractivity contribution is 7.84. The molecule has 6 heteroatoms. The van der Waals surface area contributed by atoms with Gasteiger partial charge in [0.25, 0.3) is 0 Å². The Morgan fingerprint density at radius 2 is 1.79 bits per heavy atom. The van der Waals surface area contributed by atoms with Gasteiger partial charge >= 0.3 is 0 Å². The van der Waals surface area contributed by atoms with Crippen LogP contribution < -0.4 is 0 Å². The lowest BCUT2D eigenvalue weighted by Gasteiger charge is -2.12. The lowest BCUT2D eigenvalue weighted by molar-refractivity contribution is 0.679. The Morgan fingerprint density at radius 1 is 1.03 bits per heavy atom. The molecule has 0 saturated carbocycles. The van der Waals surface area contributed by atoms with E-state index in [0.717, 1.165) is 27.3 Å². The molecule has 2 aromatic heterocycles. The van der Waals surface area contributed by atoms with Crippen LogP contribution in [0.3, 0.4) is 0 Å². The van der Waals surface area contributed by atoms with Gasteiger partial charge in [-0.3, -0.25) is 4.21 Å². The largest absolute Gasteiger partial charge is 0.252 e. The highest BCUT2D eigenvalue weighted by atomic mass is 35.5. The molecule has 29 heavy (non-hydrogen) atoms. The smallest absolute Gasteiger partial charge is 0.146 e. The first-order valence-electron chi connectivity index (χ1n) is 8.83. The SMILES string of the molecule is N#Cc1c(-c2ccccc2)cc(-c2cccs2)nc1[S@](=O)Cc1ccc(Cl)cc1. The van der Waals surface area contributed by atoms with Crippen molar-refractivity contribution in [3.05, 3.63) is 94.3 Å². The van der Waals surface area contributed by atoms with Crippen molar-refractivity contribution < 1.29 is 4.21 Å². The summed E-state index contributed by atoms with van der Waals surface area (Å²) in [5, 5.41) is 12.8. The van der Waals surface area contributed by atoms with Gasteiger partial charge in [0.1, 0.15) is 11.1 Å². The third kappa shape index (κ3) is 4.30. The van der Waals surface area contributed by atoms with Crippen LogP contribution in [-0.4, -0.2) is 9.19 Å². The zero-order valence-corrected chi connectivity index (χ0v) is 17.6. The molecule has 2 heterocycles. The molecule has 0 bridgehead atoms. The van der Waals surface area contributed by atoms with Crippen molar-refractivity contribution in [2.24, 2.45) is 0 Å². The fourth-order valence-electron chi connectivity index (χ4n) is 2.99. The highest BCUT2D eigenvalue weighted by Gasteiger charge is 2.20. The van der Waals surface area contributed by atoms with Crippen molar-refractivity contribution in [1.29, 1.82) is 5.26 Å². The monoisotopic (exact) mass is 434 g/mol. The second kappa shape index (κ2) is 8.71. The summed E-state index contributed by atoms with van der Waals surface area (Å²) in [6, 6.07) is 24.9. The molecule has 3 nitrogen and oxygen atoms in total. The number of nitriles is 1. The maximum Gasteiger partial charge on any atom is 0.146 e. The van der Waals surface area contributed by atoms with E-state index in [-0.39, 0.29) is 5.75 Å². The van der Waals surface area contributed by atoms with Gasteiger partial charge in [0.15, 0.2) is 0 Å². The summed E-state index contributed by atoms with van der Waals surface area (Å²) in [6.45, 7) is 0. The fraction of sp³-hybridized carbons (Fsp3) is 0.0435. The maximum absolute atomic E-state index is 13.3. The molecule has 1 atom stereocenters. The van der Waals surface area contributed by atoms with Crippen molar-refractivity contribution in [2.45, 2.75) is 10.8 Å². The zero-order chi connectivity index (χ0) is 20.2. The summed E-state index contributed by atoms with van der Waals surface area (Å²) in [6.07, 6.45) is 0. The molecule has 0 aliphatic rings. The molecule has 142 valence electrons. The average molecular weight is 435 g/mol. The maximum atomic E-state index is 13.3. The van der Waals surface area contributed by atoms with Crippen LogP contribution in [0.15, 0.2) is 83.2 Å². The molecular formula is C23H15ClN2OS2. The summed E-state index contributed by atoms with van der Waals surface area (Å²) in [5.41, 5.74) is 3.59. The van der Waals surface area contributed by atoms with Gasteiger partial charge in [-0.25, -0.2) is 4.98 Å². The zero-order valence-electron chi connectivity index (χ0n) is 15.2. The van der Waals surface area contributed by atoms with Crippen LogP contribution in [0, 0.1) is 11.3 Å². The first-order chi connectivity index (χ1) is 14.2. The van der Waals surface area contributed by atoms with E-state index in [9.17, 15) is 9.47 Å². The van der Waals surface area contributed by atoms with Crippen LogP contribution in [-0.2, 0) is 16.6 Å². The lowest BCUT2D eigenvalue weighted by atomic mass is 10.0. The van der Waals surface area contributed by atoms with Crippen molar-refractivity contribution in [3.8, 4) is 27.8 Å². The number of hydrogen-bond acceptors (Lipinski definition) is 4. The van der Waals surface area contributed by atoms with Crippen molar-refractivity contribution in [2.75, 3.05) is 0 Å². The van der Waals surface area contributed by atoms with E-state index < -0.39 is 10.8 Å². The minimum absolute atomic E-state index is 0.265. The summed E-state index contributed by atoms with van der Waals surface area (Å²) in [4.78, 5) is 5.62. The molecule has 0 N–H and O–H groups in total. The van der Waals surface area contributed by atoms with Crippen molar-refractivity contribution in [1.82, 2.24) is 4.98 Å². The third-order valence-corrected chi connectivity index (χ3v) is 6.85. The predicted octanol–water partition coefficient (Wildman–Crippen LogP) is 6.31. The van der Waals surface area contributed by atoms with E-state index in [0.29, 0.717) is 15.6 Å². The fourth-order valence-corrected chi connectivity index (χ4v) is 5.02. The molecule has 0 unspecified atom stereocenters. The van der Waals surface area contributed by atoms with Gasteiger partial charge in [0.05, 0.1) is 32.7 Å². The predicted molar refractivity (Wildman–Crippen MR) is 119 cm³/mol. The Kier molecular flexibility index (Phi) is 5.86. The number of nitrogens with zero attached hydrogens (tertiary/aromatic N) is 2. The quantitative estimate of drug-likeness (QED) is 0.369. The summed E-state index contributed by atoms with van der Waals surface area (Å²) < 4.78 is 13.3. The first kappa shape index (κ1) is 19.5. The van der Waals surface area contributed by atoms with Crippen LogP contribution in [0.4, 0.5) is 0 Å². The minimum Gasteiger partial charge on any atom is -0.252 e. The van der Waals surface area contributed by atoms with E-state index in [1.54, 1.807) is 23.5 Å². The van der Waals surface area contributed by atoms with Gasteiger partial charge in [0, 0.05) is 10.6 Å². The third-order valence-electron chi connectivity index (χ3n) is 4.38. The molecule has 0 aliphatic heterocycles. The molecular weight excluding hydrogens is 420 g/mol. The molecule has 0 fully saturated rings. The van der Waals surface area contributed by atoms with Gasteiger partial charge in [-0.2, -0.15) is 5.26 Å². The molecule has 0 radical (unpaired) electrons. The van der Waals surface area contributed by atoms with Crippen LogP contribution in [0.5, 0.6) is 0 Å². The Balaban J connectivity index is 1.85. The van der Waals surface area contributed by atoms with Crippen LogP contribution in [0.1, 0.15) is 11.1 Å². The number of hydrogen-bond donors (Lipinski definition) is 0. The van der Waals surface area contributed by atoms with Gasteiger partial charge in [-0.05, 0) is 40.8 Å². The molecule has 4 rings (SSSR count). The summed E-state index contributed by atoms with van der Waals surface area (Å²) in [7, 11) is -1.48. The Hall–Kier alpha value is -2.78. The van der Waals surface area contributed by atoms with Crippen LogP contribution in [0.25, 0.3) is 21.7 Å². The van der Waals surface area contributed by atoms with Crippen LogP contribution in [0.2, 0.25) is 5.02 Å². The highest BCUT2D eigenvalue weighted by Crippen LogP contribution is 2.33. The Morgan fingerprint density at radius 3 is 2.45 bits per heavy atom. The number of pyridine rings is 1. The average Bonchev–Trinajstić information content (AvgIpc) is 3.30. The van der Waals surface area contributed by atoms with E-state index in [1.807, 2.05) is 66.0 Å². The number of benzene rings is 2. The van der Waals surface area contributed by atoms with Crippen LogP contribution >= 0.6 is 22.9 Å². The number of halogens is 1. The van der Waals surface area contributed by atoms with E-state index in [2.05, 4.69) is 11.1 Å². The van der Waals surface area contributed by atoms with Crippen molar-refractivity contribution >= 4 is 33.7 Å². The van der Waals surface area contributed by atoms with Gasteiger partial charge < -0.3 is 0 Å². The molecule has 0 aliphatic carbocycles.